The van der Waals surface area contributed by atoms with E-state index in [1.807, 2.05) is 22.9 Å². The Morgan fingerprint density at radius 2 is 1.83 bits per heavy atom. The van der Waals surface area contributed by atoms with Gasteiger partial charge in [-0.1, -0.05) is 31.2 Å². The van der Waals surface area contributed by atoms with E-state index in [1.54, 1.807) is 0 Å². The molecule has 4 aromatic rings. The lowest BCUT2D eigenvalue weighted by Gasteiger charge is -2.36. The van der Waals surface area contributed by atoms with Crippen molar-refractivity contribution in [2.75, 3.05) is 19.8 Å². The average Bonchev–Trinajstić information content (AvgIpc) is 3.38. The molecule has 1 N–H and O–H groups in total. The van der Waals surface area contributed by atoms with Crippen LogP contribution in [0.2, 0.25) is 0 Å². The van der Waals surface area contributed by atoms with Crippen LogP contribution in [0.1, 0.15) is 55.7 Å². The summed E-state index contributed by atoms with van der Waals surface area (Å²) in [5, 5.41) is 13.8. The minimum Gasteiger partial charge on any atom is -0.486 e. The van der Waals surface area contributed by atoms with E-state index >= 15 is 0 Å². The fraction of sp³-hybridized carbons (Fsp3) is 0.407. The molecule has 0 unspecified atom stereocenters. The first-order chi connectivity index (χ1) is 17.4. The average molecular weight is 487 g/mol. The smallest absolute Gasteiger partial charge is 0.253 e. The molecule has 2 aliphatic rings. The number of aromatic nitrogens is 5. The van der Waals surface area contributed by atoms with Crippen molar-refractivity contribution in [2.24, 2.45) is 0 Å². The summed E-state index contributed by atoms with van der Waals surface area (Å²) in [6.45, 7) is 8.85. The van der Waals surface area contributed by atoms with Crippen LogP contribution >= 0.6 is 0 Å². The lowest BCUT2D eigenvalue weighted by molar-refractivity contribution is 0.172. The van der Waals surface area contributed by atoms with Crippen LogP contribution in [0.5, 0.6) is 11.5 Å². The summed E-state index contributed by atoms with van der Waals surface area (Å²) < 4.78 is 13.4. The van der Waals surface area contributed by atoms with Gasteiger partial charge >= 0.3 is 0 Å². The lowest BCUT2D eigenvalue weighted by Crippen LogP contribution is -2.40. The molecule has 4 heterocycles. The van der Waals surface area contributed by atoms with Gasteiger partial charge in [0.25, 0.3) is 5.56 Å². The number of fused-ring (bicyclic) bond motifs is 3. The summed E-state index contributed by atoms with van der Waals surface area (Å²) in [6, 6.07) is 13.8. The molecular weight excluding hydrogens is 456 g/mol. The molecule has 0 spiro atoms. The number of hydrogen-bond acceptors (Lipinski definition) is 7. The number of ether oxygens (including phenoxy) is 2. The first kappa shape index (κ1) is 22.7. The second-order valence-electron chi connectivity index (χ2n) is 10.1. The van der Waals surface area contributed by atoms with Crippen molar-refractivity contribution in [3.63, 3.8) is 0 Å². The van der Waals surface area contributed by atoms with E-state index in [1.165, 1.54) is 11.1 Å². The molecule has 0 bridgehead atoms. The highest BCUT2D eigenvalue weighted by Gasteiger charge is 2.35. The topological polar surface area (TPSA) is 98.2 Å². The highest BCUT2D eigenvalue weighted by molar-refractivity contribution is 5.83. The molecule has 0 fully saturated rings. The molecule has 9 nitrogen and oxygen atoms in total. The zero-order valence-electron chi connectivity index (χ0n) is 20.8. The van der Waals surface area contributed by atoms with Gasteiger partial charge in [0.2, 0.25) is 0 Å². The molecule has 2 aliphatic heterocycles. The molecule has 36 heavy (non-hydrogen) atoms. The third-order valence-electron chi connectivity index (χ3n) is 7.53. The number of rotatable bonds is 5. The predicted molar refractivity (Wildman–Crippen MR) is 135 cm³/mol. The van der Waals surface area contributed by atoms with E-state index < -0.39 is 6.04 Å². The number of aromatic amines is 1. The summed E-state index contributed by atoms with van der Waals surface area (Å²) in [7, 11) is 0. The summed E-state index contributed by atoms with van der Waals surface area (Å²) in [5.74, 6) is 2.01. The Morgan fingerprint density at radius 1 is 1.08 bits per heavy atom. The Labute approximate surface area is 209 Å². The van der Waals surface area contributed by atoms with Gasteiger partial charge in [-0.3, -0.25) is 9.69 Å². The molecule has 0 saturated carbocycles. The zero-order chi connectivity index (χ0) is 24.9. The van der Waals surface area contributed by atoms with Gasteiger partial charge in [0.05, 0.1) is 11.1 Å². The SMILES string of the molecule is CCC(C)(C)n1nnnc1[C@H](c1cc2cc3c(cc2[nH]c1=O)OCCO3)N1CCc2ccccc2C1. The lowest BCUT2D eigenvalue weighted by atomic mass is 9.95. The summed E-state index contributed by atoms with van der Waals surface area (Å²) in [6.07, 6.45) is 1.74. The Kier molecular flexibility index (Phi) is 5.52. The van der Waals surface area contributed by atoms with E-state index in [0.29, 0.717) is 48.2 Å². The van der Waals surface area contributed by atoms with Crippen molar-refractivity contribution in [3.8, 4) is 11.5 Å². The maximum Gasteiger partial charge on any atom is 0.253 e. The number of pyridine rings is 1. The van der Waals surface area contributed by atoms with Gasteiger partial charge in [0.1, 0.15) is 19.3 Å². The van der Waals surface area contributed by atoms with Crippen LogP contribution in [0.15, 0.2) is 47.3 Å². The second-order valence-corrected chi connectivity index (χ2v) is 10.1. The number of tetrazole rings is 1. The number of H-pyrrole nitrogens is 1. The van der Waals surface area contributed by atoms with E-state index in [4.69, 9.17) is 9.47 Å². The third-order valence-corrected chi connectivity index (χ3v) is 7.53. The van der Waals surface area contributed by atoms with Crippen molar-refractivity contribution >= 4 is 10.9 Å². The third kappa shape index (κ3) is 3.83. The van der Waals surface area contributed by atoms with E-state index in [9.17, 15) is 4.79 Å². The molecule has 1 atom stereocenters. The normalized spacial score (nSPS) is 16.6. The fourth-order valence-electron chi connectivity index (χ4n) is 5.15. The van der Waals surface area contributed by atoms with E-state index in [2.05, 4.69) is 70.4 Å². The highest BCUT2D eigenvalue weighted by Crippen LogP contribution is 2.37. The predicted octanol–water partition coefficient (Wildman–Crippen LogP) is 3.58. The van der Waals surface area contributed by atoms with Crippen molar-refractivity contribution in [3.05, 3.63) is 75.3 Å². The largest absolute Gasteiger partial charge is 0.486 e. The number of benzene rings is 2. The van der Waals surface area contributed by atoms with Crippen LogP contribution < -0.4 is 15.0 Å². The van der Waals surface area contributed by atoms with Crippen molar-refractivity contribution < 1.29 is 9.47 Å². The molecule has 2 aromatic carbocycles. The standard InChI is InChI=1S/C27H30N6O3/c1-4-27(2,3)33-25(29-30-31-33)24(32-10-9-17-7-5-6-8-18(17)16-32)20-13-19-14-22-23(36-12-11-35-22)15-21(19)28-26(20)34/h5-8,13-15,24H,4,9-12,16H2,1-3H3,(H,28,34)/t24-/m0/s1. The minimum atomic E-state index is -0.416. The maximum atomic E-state index is 13.6. The van der Waals surface area contributed by atoms with Crippen molar-refractivity contribution in [1.29, 1.82) is 0 Å². The molecule has 0 aliphatic carbocycles. The van der Waals surface area contributed by atoms with Gasteiger partial charge in [-0.2, -0.15) is 0 Å². The van der Waals surface area contributed by atoms with Crippen LogP contribution in [-0.4, -0.2) is 49.8 Å². The molecule has 9 heteroatoms. The van der Waals surface area contributed by atoms with Gasteiger partial charge in [0.15, 0.2) is 17.3 Å². The summed E-state index contributed by atoms with van der Waals surface area (Å²) >= 11 is 0. The Balaban J connectivity index is 1.52. The van der Waals surface area contributed by atoms with Gasteiger partial charge in [-0.25, -0.2) is 4.68 Å². The van der Waals surface area contributed by atoms with Gasteiger partial charge < -0.3 is 14.5 Å². The molecule has 6 rings (SSSR count). The summed E-state index contributed by atoms with van der Waals surface area (Å²) in [4.78, 5) is 19.0. The Morgan fingerprint density at radius 3 is 2.61 bits per heavy atom. The van der Waals surface area contributed by atoms with Crippen LogP contribution in [-0.2, 0) is 18.5 Å². The fourth-order valence-corrected chi connectivity index (χ4v) is 5.15. The Hall–Kier alpha value is -3.72. The molecule has 2 aromatic heterocycles. The van der Waals surface area contributed by atoms with Gasteiger partial charge in [-0.15, -0.1) is 5.10 Å². The van der Waals surface area contributed by atoms with Crippen LogP contribution in [0.4, 0.5) is 0 Å². The van der Waals surface area contributed by atoms with Crippen LogP contribution in [0.3, 0.4) is 0 Å². The molecule has 0 amide bonds. The number of nitrogens with zero attached hydrogens (tertiary/aromatic N) is 5. The number of nitrogens with one attached hydrogen (secondary N) is 1. The first-order valence-electron chi connectivity index (χ1n) is 12.5. The zero-order valence-corrected chi connectivity index (χ0v) is 20.8. The number of hydrogen-bond donors (Lipinski definition) is 1. The van der Waals surface area contributed by atoms with Crippen LogP contribution in [0.25, 0.3) is 10.9 Å². The molecule has 0 saturated heterocycles. The first-order valence-corrected chi connectivity index (χ1v) is 12.5. The molecular formula is C27H30N6O3. The monoisotopic (exact) mass is 486 g/mol. The quantitative estimate of drug-likeness (QED) is 0.460. The van der Waals surface area contributed by atoms with E-state index in [0.717, 1.165) is 24.8 Å². The van der Waals surface area contributed by atoms with Crippen molar-refractivity contribution in [2.45, 2.75) is 51.7 Å². The van der Waals surface area contributed by atoms with Crippen LogP contribution in [0, 0.1) is 0 Å². The summed E-state index contributed by atoms with van der Waals surface area (Å²) in [5.41, 5.74) is 3.47. The highest BCUT2D eigenvalue weighted by atomic mass is 16.6. The molecule has 0 radical (unpaired) electrons. The molecule has 186 valence electrons. The van der Waals surface area contributed by atoms with Gasteiger partial charge in [0, 0.05) is 30.1 Å². The Bertz CT molecular complexity index is 1490. The minimum absolute atomic E-state index is 0.160. The maximum absolute atomic E-state index is 13.6. The van der Waals surface area contributed by atoms with Crippen molar-refractivity contribution in [1.82, 2.24) is 30.1 Å². The van der Waals surface area contributed by atoms with Gasteiger partial charge in [-0.05, 0) is 60.4 Å². The van der Waals surface area contributed by atoms with E-state index in [-0.39, 0.29) is 11.1 Å². The second kappa shape index (κ2) is 8.74.